The summed E-state index contributed by atoms with van der Waals surface area (Å²) in [4.78, 5) is 21.3. The normalized spacial score (nSPS) is 17.5. The Morgan fingerprint density at radius 3 is 2.71 bits per heavy atom. The van der Waals surface area contributed by atoms with Gasteiger partial charge in [-0.15, -0.1) is 11.3 Å². The number of fused-ring (bicyclic) bond motifs is 1. The Balaban J connectivity index is 1.95. The second-order valence-corrected chi connectivity index (χ2v) is 6.95. The number of carbonyl (C=O) groups excluding carboxylic acids is 1. The molecule has 0 atom stereocenters. The van der Waals surface area contributed by atoms with Crippen molar-refractivity contribution in [3.8, 4) is 0 Å². The van der Waals surface area contributed by atoms with Crippen LogP contribution in [0.2, 0.25) is 0 Å². The van der Waals surface area contributed by atoms with Gasteiger partial charge in [-0.1, -0.05) is 6.08 Å². The summed E-state index contributed by atoms with van der Waals surface area (Å²) in [5.74, 6) is -0.520. The van der Waals surface area contributed by atoms with Gasteiger partial charge in [0, 0.05) is 11.6 Å². The van der Waals surface area contributed by atoms with Gasteiger partial charge in [0.15, 0.2) is 0 Å². The van der Waals surface area contributed by atoms with Crippen molar-refractivity contribution in [1.29, 1.82) is 0 Å². The third-order valence-electron chi connectivity index (χ3n) is 4.07. The van der Waals surface area contributed by atoms with Crippen molar-refractivity contribution in [2.75, 3.05) is 11.1 Å². The fourth-order valence-electron chi connectivity index (χ4n) is 2.73. The van der Waals surface area contributed by atoms with Gasteiger partial charge < -0.3 is 16.8 Å². The molecule has 0 spiro atoms. The lowest BCUT2D eigenvalue weighted by Crippen LogP contribution is -2.11. The van der Waals surface area contributed by atoms with E-state index in [0.29, 0.717) is 39.9 Å². The first-order valence-corrected chi connectivity index (χ1v) is 8.59. The summed E-state index contributed by atoms with van der Waals surface area (Å²) in [5.41, 5.74) is 12.5. The summed E-state index contributed by atoms with van der Waals surface area (Å²) >= 11 is 1.11. The molecule has 124 valence electrons. The number of nitrogen functional groups attached to an aromatic ring is 1. The van der Waals surface area contributed by atoms with Crippen LogP contribution in [0.15, 0.2) is 18.0 Å². The minimum atomic E-state index is -0.619. The number of primary amides is 1. The Labute approximate surface area is 141 Å². The van der Waals surface area contributed by atoms with Gasteiger partial charge in [0.1, 0.15) is 15.5 Å². The van der Waals surface area contributed by atoms with Crippen LogP contribution in [-0.4, -0.2) is 21.9 Å². The van der Waals surface area contributed by atoms with Gasteiger partial charge in [-0.05, 0) is 31.8 Å². The Kier molecular flexibility index (Phi) is 3.49. The van der Waals surface area contributed by atoms with E-state index < -0.39 is 5.91 Å². The van der Waals surface area contributed by atoms with Gasteiger partial charge in [0.2, 0.25) is 5.95 Å². The molecular weight excluding hydrogens is 329 g/mol. The zero-order valence-electron chi connectivity index (χ0n) is 12.8. The molecule has 0 unspecified atom stereocenters. The summed E-state index contributed by atoms with van der Waals surface area (Å²) in [7, 11) is 0. The molecule has 2 aliphatic carbocycles. The summed E-state index contributed by atoms with van der Waals surface area (Å²) in [5, 5.41) is 3.71. The van der Waals surface area contributed by atoms with Crippen molar-refractivity contribution in [2.45, 2.75) is 31.7 Å². The first-order valence-electron chi connectivity index (χ1n) is 7.77. The van der Waals surface area contributed by atoms with Crippen LogP contribution in [0.5, 0.6) is 0 Å². The SMILES string of the molecule is NC(=O)c1sc2nc(NC3CC3)nc(C3=CCCC=C3F)c2c1N. The maximum absolute atomic E-state index is 14.3. The average molecular weight is 345 g/mol. The van der Waals surface area contributed by atoms with Gasteiger partial charge in [0.05, 0.1) is 16.8 Å². The Hall–Kier alpha value is -2.48. The second kappa shape index (κ2) is 5.55. The zero-order valence-corrected chi connectivity index (χ0v) is 13.6. The first-order chi connectivity index (χ1) is 11.5. The van der Waals surface area contributed by atoms with Crippen LogP contribution in [0.3, 0.4) is 0 Å². The maximum Gasteiger partial charge on any atom is 0.260 e. The highest BCUT2D eigenvalue weighted by Crippen LogP contribution is 2.40. The number of nitrogens with zero attached hydrogens (tertiary/aromatic N) is 2. The fraction of sp³-hybridized carbons (Fsp3) is 0.312. The molecule has 2 aromatic heterocycles. The molecular formula is C16H16FN5OS. The van der Waals surface area contributed by atoms with Crippen LogP contribution < -0.4 is 16.8 Å². The molecule has 8 heteroatoms. The Morgan fingerprint density at radius 1 is 1.29 bits per heavy atom. The van der Waals surface area contributed by atoms with Crippen molar-refractivity contribution >= 4 is 44.7 Å². The third kappa shape index (κ3) is 2.52. The number of nitrogens with two attached hydrogens (primary N) is 2. The minimum Gasteiger partial charge on any atom is -0.397 e. The summed E-state index contributed by atoms with van der Waals surface area (Å²) in [6.07, 6.45) is 6.85. The van der Waals surface area contributed by atoms with Gasteiger partial charge in [-0.3, -0.25) is 4.79 Å². The van der Waals surface area contributed by atoms with Crippen LogP contribution in [0, 0.1) is 0 Å². The number of halogens is 1. The number of anilines is 2. The topological polar surface area (TPSA) is 107 Å². The molecule has 24 heavy (non-hydrogen) atoms. The molecule has 0 aliphatic heterocycles. The largest absolute Gasteiger partial charge is 0.397 e. The predicted molar refractivity (Wildman–Crippen MR) is 93.4 cm³/mol. The highest BCUT2D eigenvalue weighted by atomic mass is 32.1. The Bertz CT molecular complexity index is 913. The lowest BCUT2D eigenvalue weighted by molar-refractivity contribution is 0.100. The summed E-state index contributed by atoms with van der Waals surface area (Å²) in [6.45, 7) is 0. The van der Waals surface area contributed by atoms with E-state index in [1.54, 1.807) is 6.08 Å². The molecule has 0 bridgehead atoms. The molecule has 5 N–H and O–H groups in total. The van der Waals surface area contributed by atoms with Crippen LogP contribution in [-0.2, 0) is 0 Å². The van der Waals surface area contributed by atoms with Gasteiger partial charge in [-0.25, -0.2) is 14.4 Å². The quantitative estimate of drug-likeness (QED) is 0.790. The number of thiophene rings is 1. The van der Waals surface area contributed by atoms with Crippen molar-refractivity contribution in [3.63, 3.8) is 0 Å². The molecule has 1 amide bonds. The molecule has 1 saturated carbocycles. The summed E-state index contributed by atoms with van der Waals surface area (Å²) < 4.78 is 14.3. The molecule has 1 fully saturated rings. The van der Waals surface area contributed by atoms with E-state index in [2.05, 4.69) is 15.3 Å². The van der Waals surface area contributed by atoms with Crippen LogP contribution in [0.4, 0.5) is 16.0 Å². The van der Waals surface area contributed by atoms with E-state index in [1.807, 2.05) is 0 Å². The Morgan fingerprint density at radius 2 is 2.04 bits per heavy atom. The maximum atomic E-state index is 14.3. The first kappa shape index (κ1) is 15.1. The van der Waals surface area contributed by atoms with Crippen molar-refractivity contribution in [3.05, 3.63) is 28.5 Å². The predicted octanol–water partition coefficient (Wildman–Crippen LogP) is 2.98. The van der Waals surface area contributed by atoms with Gasteiger partial charge in [-0.2, -0.15) is 0 Å². The number of hydrogen-bond donors (Lipinski definition) is 3. The van der Waals surface area contributed by atoms with E-state index in [4.69, 9.17) is 11.5 Å². The fourth-order valence-corrected chi connectivity index (χ4v) is 3.68. The lowest BCUT2D eigenvalue weighted by atomic mass is 10.0. The monoisotopic (exact) mass is 345 g/mol. The number of hydrogen-bond acceptors (Lipinski definition) is 6. The number of rotatable bonds is 4. The average Bonchev–Trinajstić information content (AvgIpc) is 3.29. The molecule has 0 radical (unpaired) electrons. The van der Waals surface area contributed by atoms with Crippen LogP contribution in [0.25, 0.3) is 15.8 Å². The molecule has 2 aromatic rings. The van der Waals surface area contributed by atoms with Crippen molar-refractivity contribution in [1.82, 2.24) is 9.97 Å². The molecule has 0 aromatic carbocycles. The smallest absolute Gasteiger partial charge is 0.260 e. The number of nitrogens with one attached hydrogen (secondary N) is 1. The summed E-state index contributed by atoms with van der Waals surface area (Å²) in [6, 6.07) is 0.351. The second-order valence-electron chi connectivity index (χ2n) is 5.95. The standard InChI is InChI=1S/C16H16FN5OS/c17-9-4-2-1-3-8(9)12-10-11(18)13(14(19)23)24-15(10)22-16(21-12)20-7-5-6-7/h3-4,7H,1-2,5-6,18H2,(H2,19,23)(H,20,21,22). The van der Waals surface area contributed by atoms with Crippen molar-refractivity contribution < 1.29 is 9.18 Å². The number of amides is 1. The minimum absolute atomic E-state index is 0.217. The zero-order chi connectivity index (χ0) is 16.8. The van der Waals surface area contributed by atoms with E-state index >= 15 is 0 Å². The molecule has 2 heterocycles. The van der Waals surface area contributed by atoms with E-state index in [-0.39, 0.29) is 16.4 Å². The van der Waals surface area contributed by atoms with Crippen LogP contribution >= 0.6 is 11.3 Å². The third-order valence-corrected chi connectivity index (χ3v) is 5.19. The van der Waals surface area contributed by atoms with Crippen LogP contribution in [0.1, 0.15) is 41.0 Å². The molecule has 4 rings (SSSR count). The highest BCUT2D eigenvalue weighted by molar-refractivity contribution is 7.21. The highest BCUT2D eigenvalue weighted by Gasteiger charge is 2.26. The van der Waals surface area contributed by atoms with Gasteiger partial charge in [0.25, 0.3) is 5.91 Å². The molecule has 2 aliphatic rings. The molecule has 6 nitrogen and oxygen atoms in total. The number of allylic oxidation sites excluding steroid dienone is 4. The number of carbonyl (C=O) groups is 1. The molecule has 0 saturated heterocycles. The van der Waals surface area contributed by atoms with E-state index in [1.165, 1.54) is 6.08 Å². The van der Waals surface area contributed by atoms with Crippen molar-refractivity contribution in [2.24, 2.45) is 5.73 Å². The van der Waals surface area contributed by atoms with E-state index in [9.17, 15) is 9.18 Å². The number of aromatic nitrogens is 2. The lowest BCUT2D eigenvalue weighted by Gasteiger charge is -2.13. The van der Waals surface area contributed by atoms with E-state index in [0.717, 1.165) is 30.6 Å². The van der Waals surface area contributed by atoms with Gasteiger partial charge >= 0.3 is 0 Å².